The molecule has 2 aliphatic heterocycles. The summed E-state index contributed by atoms with van der Waals surface area (Å²) in [4.78, 5) is 26.8. The van der Waals surface area contributed by atoms with E-state index < -0.39 is 16.1 Å². The number of hydrogen-bond donors (Lipinski definition) is 1. The highest BCUT2D eigenvalue weighted by atomic mass is 32.2. The Morgan fingerprint density at radius 3 is 2.75 bits per heavy atom. The van der Waals surface area contributed by atoms with Crippen molar-refractivity contribution < 1.29 is 22.7 Å². The Hall–Kier alpha value is -2.91. The molecule has 1 N–H and O–H groups in total. The van der Waals surface area contributed by atoms with E-state index in [2.05, 4.69) is 5.32 Å². The third-order valence-electron chi connectivity index (χ3n) is 5.88. The van der Waals surface area contributed by atoms with Gasteiger partial charge in [-0.3, -0.25) is 9.59 Å². The molecule has 0 saturated carbocycles. The molecule has 170 valence electrons. The summed E-state index contributed by atoms with van der Waals surface area (Å²) in [5.74, 6) is -0.197. The van der Waals surface area contributed by atoms with Crippen LogP contribution >= 0.6 is 0 Å². The number of anilines is 2. The highest BCUT2D eigenvalue weighted by Crippen LogP contribution is 2.36. The summed E-state index contributed by atoms with van der Waals surface area (Å²) in [7, 11) is -3.95. The van der Waals surface area contributed by atoms with Gasteiger partial charge >= 0.3 is 0 Å². The molecule has 0 bridgehead atoms. The number of carbonyl (C=O) groups is 2. The van der Waals surface area contributed by atoms with Crippen molar-refractivity contribution in [1.82, 2.24) is 4.31 Å². The number of rotatable bonds is 5. The molecule has 1 atom stereocenters. The summed E-state index contributed by atoms with van der Waals surface area (Å²) in [5, 5.41) is 2.69. The molecular weight excluding hydrogens is 430 g/mol. The zero-order valence-electron chi connectivity index (χ0n) is 18.4. The zero-order chi connectivity index (χ0) is 23.0. The van der Waals surface area contributed by atoms with Crippen LogP contribution in [0.25, 0.3) is 0 Å². The van der Waals surface area contributed by atoms with Gasteiger partial charge in [-0.15, -0.1) is 0 Å². The maximum atomic E-state index is 13.6. The molecule has 2 amide bonds. The number of amides is 2. The van der Waals surface area contributed by atoms with E-state index in [0.717, 1.165) is 11.3 Å². The van der Waals surface area contributed by atoms with E-state index in [1.807, 2.05) is 38.1 Å². The summed E-state index contributed by atoms with van der Waals surface area (Å²) in [6, 6.07) is 9.90. The summed E-state index contributed by atoms with van der Waals surface area (Å²) in [5.41, 5.74) is 2.72. The van der Waals surface area contributed by atoms with E-state index in [1.54, 1.807) is 17.9 Å². The summed E-state index contributed by atoms with van der Waals surface area (Å²) in [6.07, 6.45) is 1.08. The van der Waals surface area contributed by atoms with Crippen molar-refractivity contribution >= 4 is 33.2 Å². The number of likely N-dealkylation sites (N-methyl/N-ethyl adjacent to an activating group) is 1. The standard InChI is InChI=1S/C23H27N3O5S/c1-4-25(17-8-5-7-15(2)11-17)23(28)19-9-6-10-26(19)32(29,30)21-13-20-18(12-16(21)3)24-22(27)14-31-20/h5,7-8,11-13,19H,4,6,9-10,14H2,1-3H3,(H,24,27)/t19-/m0/s1. The van der Waals surface area contributed by atoms with Crippen LogP contribution in [-0.4, -0.2) is 50.3 Å². The van der Waals surface area contributed by atoms with Crippen molar-refractivity contribution in [3.63, 3.8) is 0 Å². The number of nitrogens with zero attached hydrogens (tertiary/aromatic N) is 2. The monoisotopic (exact) mass is 457 g/mol. The van der Waals surface area contributed by atoms with Gasteiger partial charge in [0.05, 0.1) is 10.6 Å². The highest BCUT2D eigenvalue weighted by Gasteiger charge is 2.42. The topological polar surface area (TPSA) is 96.0 Å². The van der Waals surface area contributed by atoms with Crippen molar-refractivity contribution in [2.24, 2.45) is 0 Å². The highest BCUT2D eigenvalue weighted by molar-refractivity contribution is 7.89. The summed E-state index contributed by atoms with van der Waals surface area (Å²) in [6.45, 7) is 6.06. The van der Waals surface area contributed by atoms with Crippen LogP contribution < -0.4 is 15.0 Å². The van der Waals surface area contributed by atoms with Crippen LogP contribution in [-0.2, 0) is 19.6 Å². The van der Waals surface area contributed by atoms with Gasteiger partial charge in [0.1, 0.15) is 11.8 Å². The lowest BCUT2D eigenvalue weighted by Crippen LogP contribution is -2.48. The minimum Gasteiger partial charge on any atom is -0.482 e. The van der Waals surface area contributed by atoms with Crippen LogP contribution in [0.3, 0.4) is 0 Å². The first-order chi connectivity index (χ1) is 15.2. The molecule has 2 aromatic carbocycles. The molecule has 1 saturated heterocycles. The Bertz CT molecular complexity index is 1180. The van der Waals surface area contributed by atoms with Gasteiger partial charge < -0.3 is 15.0 Å². The number of nitrogens with one attached hydrogen (secondary N) is 1. The minimum atomic E-state index is -3.95. The average molecular weight is 458 g/mol. The lowest BCUT2D eigenvalue weighted by Gasteiger charge is -2.30. The Morgan fingerprint density at radius 2 is 2.03 bits per heavy atom. The van der Waals surface area contributed by atoms with Crippen LogP contribution in [0.5, 0.6) is 5.75 Å². The number of aryl methyl sites for hydroxylation is 2. The van der Waals surface area contributed by atoms with Crippen molar-refractivity contribution in [1.29, 1.82) is 0 Å². The first kappa shape index (κ1) is 22.3. The Morgan fingerprint density at radius 1 is 1.25 bits per heavy atom. The Labute approximate surface area is 188 Å². The molecule has 1 fully saturated rings. The second-order valence-corrected chi connectivity index (χ2v) is 10.0. The molecule has 0 spiro atoms. The quantitative estimate of drug-likeness (QED) is 0.745. The molecule has 9 heteroatoms. The van der Waals surface area contributed by atoms with E-state index in [-0.39, 0.29) is 29.9 Å². The SMILES string of the molecule is CCN(C(=O)[C@@H]1CCCN1S(=O)(=O)c1cc2c(cc1C)NC(=O)CO2)c1cccc(C)c1. The normalized spacial score (nSPS) is 18.6. The fraction of sp³-hybridized carbons (Fsp3) is 0.391. The Kier molecular flexibility index (Phi) is 5.96. The number of benzene rings is 2. The number of carbonyl (C=O) groups excluding carboxylic acids is 2. The predicted molar refractivity (Wildman–Crippen MR) is 121 cm³/mol. The lowest BCUT2D eigenvalue weighted by molar-refractivity contribution is -0.121. The maximum absolute atomic E-state index is 13.6. The third kappa shape index (κ3) is 3.98. The largest absolute Gasteiger partial charge is 0.482 e. The van der Waals surface area contributed by atoms with Crippen molar-refractivity contribution in [3.8, 4) is 5.75 Å². The molecule has 0 unspecified atom stereocenters. The van der Waals surface area contributed by atoms with Gasteiger partial charge in [-0.2, -0.15) is 4.31 Å². The van der Waals surface area contributed by atoms with Crippen LogP contribution in [0.4, 0.5) is 11.4 Å². The van der Waals surface area contributed by atoms with Crippen LogP contribution in [0.1, 0.15) is 30.9 Å². The molecule has 2 aromatic rings. The average Bonchev–Trinajstić information content (AvgIpc) is 3.24. The second kappa shape index (κ2) is 8.55. The molecule has 4 rings (SSSR count). The van der Waals surface area contributed by atoms with Crippen molar-refractivity contribution in [3.05, 3.63) is 47.5 Å². The number of sulfonamides is 1. The van der Waals surface area contributed by atoms with E-state index in [9.17, 15) is 18.0 Å². The molecule has 0 radical (unpaired) electrons. The fourth-order valence-corrected chi connectivity index (χ4v) is 6.21. The van der Waals surface area contributed by atoms with Crippen LogP contribution in [0, 0.1) is 13.8 Å². The van der Waals surface area contributed by atoms with E-state index in [0.29, 0.717) is 36.4 Å². The van der Waals surface area contributed by atoms with E-state index >= 15 is 0 Å². The van der Waals surface area contributed by atoms with Gasteiger partial charge in [0.25, 0.3) is 5.91 Å². The smallest absolute Gasteiger partial charge is 0.262 e. The molecule has 0 aliphatic carbocycles. The molecule has 8 nitrogen and oxygen atoms in total. The number of hydrogen-bond acceptors (Lipinski definition) is 5. The van der Waals surface area contributed by atoms with E-state index in [4.69, 9.17) is 4.74 Å². The molecule has 32 heavy (non-hydrogen) atoms. The number of fused-ring (bicyclic) bond motifs is 1. The van der Waals surface area contributed by atoms with Crippen molar-refractivity contribution in [2.75, 3.05) is 29.9 Å². The minimum absolute atomic E-state index is 0.0886. The maximum Gasteiger partial charge on any atom is 0.262 e. The number of ether oxygens (including phenoxy) is 1. The van der Waals surface area contributed by atoms with Gasteiger partial charge in [-0.25, -0.2) is 8.42 Å². The Balaban J connectivity index is 1.67. The summed E-state index contributed by atoms with van der Waals surface area (Å²) >= 11 is 0. The predicted octanol–water partition coefficient (Wildman–Crippen LogP) is 2.84. The molecule has 2 aliphatic rings. The van der Waals surface area contributed by atoms with E-state index in [1.165, 1.54) is 10.4 Å². The fourth-order valence-electron chi connectivity index (χ4n) is 4.34. The molecule has 0 aromatic heterocycles. The van der Waals surface area contributed by atoms with Gasteiger partial charge in [-0.05, 0) is 62.9 Å². The van der Waals surface area contributed by atoms with Gasteiger partial charge in [-0.1, -0.05) is 12.1 Å². The van der Waals surface area contributed by atoms with Gasteiger partial charge in [0.2, 0.25) is 15.9 Å². The second-order valence-electron chi connectivity index (χ2n) is 8.15. The first-order valence-corrected chi connectivity index (χ1v) is 12.1. The first-order valence-electron chi connectivity index (χ1n) is 10.7. The zero-order valence-corrected chi connectivity index (χ0v) is 19.2. The third-order valence-corrected chi connectivity index (χ3v) is 7.93. The van der Waals surface area contributed by atoms with Crippen LogP contribution in [0.15, 0.2) is 41.3 Å². The van der Waals surface area contributed by atoms with Crippen LogP contribution in [0.2, 0.25) is 0 Å². The van der Waals surface area contributed by atoms with Gasteiger partial charge in [0, 0.05) is 24.8 Å². The van der Waals surface area contributed by atoms with Gasteiger partial charge in [0.15, 0.2) is 6.61 Å². The molecule has 2 heterocycles. The van der Waals surface area contributed by atoms with Crippen molar-refractivity contribution in [2.45, 2.75) is 44.6 Å². The lowest BCUT2D eigenvalue weighted by atomic mass is 10.1. The molecular formula is C23H27N3O5S. The summed E-state index contributed by atoms with van der Waals surface area (Å²) < 4.78 is 34.0.